The molecule has 0 radical (unpaired) electrons. The summed E-state index contributed by atoms with van der Waals surface area (Å²) in [7, 11) is 3.95. The van der Waals surface area contributed by atoms with Crippen LogP contribution in [0.1, 0.15) is 30.0 Å². The van der Waals surface area contributed by atoms with Crippen LogP contribution in [0.5, 0.6) is 5.75 Å². The van der Waals surface area contributed by atoms with Crippen molar-refractivity contribution >= 4 is 17.4 Å². The Morgan fingerprint density at radius 1 is 1.45 bits per heavy atom. The van der Waals surface area contributed by atoms with Crippen molar-refractivity contribution in [3.63, 3.8) is 0 Å². The normalized spacial score (nSPS) is 18.6. The molecule has 0 unspecified atom stereocenters. The van der Waals surface area contributed by atoms with E-state index < -0.39 is 0 Å². The molecule has 0 amide bonds. The fourth-order valence-electron chi connectivity index (χ4n) is 3.38. The van der Waals surface area contributed by atoms with E-state index in [4.69, 9.17) is 14.6 Å². The van der Waals surface area contributed by atoms with Gasteiger partial charge < -0.3 is 19.7 Å². The van der Waals surface area contributed by atoms with E-state index in [2.05, 4.69) is 36.0 Å². The number of fused-ring (bicyclic) bond motifs is 1. The van der Waals surface area contributed by atoms with E-state index in [9.17, 15) is 0 Å². The van der Waals surface area contributed by atoms with Gasteiger partial charge in [0, 0.05) is 23.1 Å². The third-order valence-corrected chi connectivity index (χ3v) is 4.28. The first-order chi connectivity index (χ1) is 10.6. The van der Waals surface area contributed by atoms with Gasteiger partial charge in [-0.15, -0.1) is 0 Å². The summed E-state index contributed by atoms with van der Waals surface area (Å²) in [5, 5.41) is 8.22. The van der Waals surface area contributed by atoms with Gasteiger partial charge in [-0.1, -0.05) is 0 Å². The van der Waals surface area contributed by atoms with E-state index in [0.717, 1.165) is 12.3 Å². The topological polar surface area (TPSA) is 65.6 Å². The van der Waals surface area contributed by atoms with Gasteiger partial charge in [-0.25, -0.2) is 0 Å². The minimum Gasteiger partial charge on any atom is -0.497 e. The number of nitrogens with zero attached hydrogens (tertiary/aromatic N) is 1. The second-order valence-electron chi connectivity index (χ2n) is 5.78. The van der Waals surface area contributed by atoms with Crippen molar-refractivity contribution in [3.8, 4) is 5.75 Å². The number of carboxylic acid groups (broad SMARTS) is 1. The largest absolute Gasteiger partial charge is 0.497 e. The number of carbonyl (C=O) groups is 1. The number of likely N-dealkylation sites (N-methyl/N-ethyl adjacent to an activating group) is 1. The first kappa shape index (κ1) is 16.4. The maximum atomic E-state index is 8.36. The van der Waals surface area contributed by atoms with Gasteiger partial charge in [0.2, 0.25) is 0 Å². The molecule has 5 nitrogen and oxygen atoms in total. The summed E-state index contributed by atoms with van der Waals surface area (Å²) >= 11 is 0. The molecule has 1 aromatic carbocycles. The van der Waals surface area contributed by atoms with Gasteiger partial charge >= 0.3 is 0 Å². The van der Waals surface area contributed by atoms with E-state index in [1.807, 2.05) is 6.07 Å². The third-order valence-electron chi connectivity index (χ3n) is 4.28. The lowest BCUT2D eigenvalue weighted by atomic mass is 9.89. The minimum atomic E-state index is -0.250. The van der Waals surface area contributed by atoms with Crippen molar-refractivity contribution in [2.75, 3.05) is 27.2 Å². The number of aryl methyl sites for hydroxylation is 1. The number of piperidine rings is 1. The van der Waals surface area contributed by atoms with E-state index in [1.165, 1.54) is 41.5 Å². The number of aromatic amines is 1. The molecular weight excluding hydrogens is 280 g/mol. The number of likely N-dealkylation sites (tertiary alicyclic amines) is 1. The number of hydrogen-bond donors (Lipinski definition) is 2. The summed E-state index contributed by atoms with van der Waals surface area (Å²) in [6.07, 6.45) is 2.58. The Kier molecular flexibility index (Phi) is 5.44. The molecule has 2 aromatic rings. The molecule has 0 spiro atoms. The zero-order valence-corrected chi connectivity index (χ0v) is 13.4. The smallest absolute Gasteiger partial charge is 0.290 e. The van der Waals surface area contributed by atoms with E-state index in [-0.39, 0.29) is 6.47 Å². The second-order valence-corrected chi connectivity index (χ2v) is 5.78. The summed E-state index contributed by atoms with van der Waals surface area (Å²) in [4.78, 5) is 14.3. The van der Waals surface area contributed by atoms with Crippen LogP contribution in [0, 0.1) is 6.92 Å². The Labute approximate surface area is 130 Å². The van der Waals surface area contributed by atoms with E-state index in [0.29, 0.717) is 5.92 Å². The molecule has 1 aliphatic rings. The Bertz CT molecular complexity index is 636. The second kappa shape index (κ2) is 7.31. The Balaban J connectivity index is 0.000000545. The molecule has 5 heteroatoms. The maximum Gasteiger partial charge on any atom is 0.290 e. The van der Waals surface area contributed by atoms with Crippen LogP contribution in [0.15, 0.2) is 18.2 Å². The molecule has 2 heterocycles. The molecule has 1 aromatic heterocycles. The molecule has 2 N–H and O–H groups in total. The van der Waals surface area contributed by atoms with Crippen LogP contribution in [0.2, 0.25) is 0 Å². The van der Waals surface area contributed by atoms with Crippen molar-refractivity contribution in [1.29, 1.82) is 0 Å². The molecule has 0 bridgehead atoms. The van der Waals surface area contributed by atoms with Crippen molar-refractivity contribution in [1.82, 2.24) is 9.88 Å². The summed E-state index contributed by atoms with van der Waals surface area (Å²) in [5.74, 6) is 1.58. The molecule has 22 heavy (non-hydrogen) atoms. The molecule has 0 saturated carbocycles. The highest BCUT2D eigenvalue weighted by Gasteiger charge is 2.23. The predicted molar refractivity (Wildman–Crippen MR) is 87.8 cm³/mol. The number of ether oxygens (including phenoxy) is 1. The monoisotopic (exact) mass is 304 g/mol. The van der Waals surface area contributed by atoms with Crippen molar-refractivity contribution in [2.45, 2.75) is 25.7 Å². The molecule has 0 aliphatic carbocycles. The molecule has 1 fully saturated rings. The lowest BCUT2D eigenvalue weighted by Crippen LogP contribution is -2.31. The van der Waals surface area contributed by atoms with Crippen LogP contribution in [0.25, 0.3) is 10.9 Å². The SMILES string of the molecule is COc1ccc2[nH]c(C)c([C@H]3CCCN(C)C3)c2c1.O=CO. The number of aromatic nitrogens is 1. The summed E-state index contributed by atoms with van der Waals surface area (Å²) < 4.78 is 5.37. The van der Waals surface area contributed by atoms with Gasteiger partial charge in [0.1, 0.15) is 5.75 Å². The van der Waals surface area contributed by atoms with Crippen LogP contribution in [0.3, 0.4) is 0 Å². The van der Waals surface area contributed by atoms with Crippen molar-refractivity contribution < 1.29 is 14.6 Å². The van der Waals surface area contributed by atoms with E-state index in [1.54, 1.807) is 7.11 Å². The first-order valence-corrected chi connectivity index (χ1v) is 7.53. The van der Waals surface area contributed by atoms with Crippen LogP contribution < -0.4 is 4.74 Å². The van der Waals surface area contributed by atoms with Gasteiger partial charge in [-0.3, -0.25) is 4.79 Å². The molecule has 3 rings (SSSR count). The Morgan fingerprint density at radius 3 is 2.82 bits per heavy atom. The average molecular weight is 304 g/mol. The number of methoxy groups -OCH3 is 1. The number of rotatable bonds is 2. The fourth-order valence-corrected chi connectivity index (χ4v) is 3.38. The zero-order chi connectivity index (χ0) is 16.1. The predicted octanol–water partition coefficient (Wildman–Crippen LogP) is 2.99. The molecule has 1 aliphatic heterocycles. The summed E-state index contributed by atoms with van der Waals surface area (Å²) in [5.41, 5.74) is 4.02. The highest BCUT2D eigenvalue weighted by molar-refractivity contribution is 5.86. The van der Waals surface area contributed by atoms with Crippen LogP contribution in [-0.4, -0.2) is 48.7 Å². The third kappa shape index (κ3) is 3.42. The van der Waals surface area contributed by atoms with Gasteiger partial charge in [0.25, 0.3) is 6.47 Å². The first-order valence-electron chi connectivity index (χ1n) is 7.53. The maximum absolute atomic E-state index is 8.36. The number of hydrogen-bond acceptors (Lipinski definition) is 3. The molecule has 1 atom stereocenters. The average Bonchev–Trinajstić information content (AvgIpc) is 2.82. The highest BCUT2D eigenvalue weighted by atomic mass is 16.5. The summed E-state index contributed by atoms with van der Waals surface area (Å²) in [6.45, 7) is 4.32. The minimum absolute atomic E-state index is 0.250. The van der Waals surface area contributed by atoms with Gasteiger partial charge in [-0.2, -0.15) is 0 Å². The van der Waals surface area contributed by atoms with Crippen molar-refractivity contribution in [3.05, 3.63) is 29.5 Å². The quantitative estimate of drug-likeness (QED) is 0.837. The van der Waals surface area contributed by atoms with Crippen LogP contribution in [0.4, 0.5) is 0 Å². The number of H-pyrrole nitrogens is 1. The number of nitrogens with one attached hydrogen (secondary N) is 1. The highest BCUT2D eigenvalue weighted by Crippen LogP contribution is 2.35. The molecule has 120 valence electrons. The van der Waals surface area contributed by atoms with Gasteiger partial charge in [0.05, 0.1) is 7.11 Å². The van der Waals surface area contributed by atoms with Gasteiger partial charge in [-0.05, 0) is 63.0 Å². The number of benzene rings is 1. The lowest BCUT2D eigenvalue weighted by Gasteiger charge is -2.30. The fraction of sp³-hybridized carbons (Fsp3) is 0.471. The van der Waals surface area contributed by atoms with Gasteiger partial charge in [0.15, 0.2) is 0 Å². The van der Waals surface area contributed by atoms with Crippen LogP contribution in [-0.2, 0) is 4.79 Å². The summed E-state index contributed by atoms with van der Waals surface area (Å²) in [6, 6.07) is 6.31. The molecular formula is C17H24N2O3. The van der Waals surface area contributed by atoms with Crippen molar-refractivity contribution in [2.24, 2.45) is 0 Å². The van der Waals surface area contributed by atoms with Crippen LogP contribution >= 0.6 is 0 Å². The van der Waals surface area contributed by atoms with E-state index >= 15 is 0 Å². The lowest BCUT2D eigenvalue weighted by molar-refractivity contribution is -0.122. The Morgan fingerprint density at radius 2 is 2.18 bits per heavy atom. The zero-order valence-electron chi connectivity index (χ0n) is 13.4. The Hall–Kier alpha value is -2.01. The molecule has 1 saturated heterocycles. The standard InChI is InChI=1S/C16H22N2O.CH2O2/c1-11-16(12-5-4-8-18(2)10-12)14-9-13(19-3)6-7-15(14)17-11;2-1-3/h6-7,9,12,17H,4-5,8,10H2,1-3H3;1H,(H,2,3)/t12-;/m0./s1.